The molecule has 4 rings (SSSR count). The zero-order valence-corrected chi connectivity index (χ0v) is 19.1. The highest BCUT2D eigenvalue weighted by Crippen LogP contribution is 2.32. The first-order valence-electron chi connectivity index (χ1n) is 10.4. The minimum absolute atomic E-state index is 0.115. The highest BCUT2D eigenvalue weighted by atomic mass is 32.2. The van der Waals surface area contributed by atoms with Crippen LogP contribution in [0.4, 0.5) is 10.5 Å². The van der Waals surface area contributed by atoms with Crippen LogP contribution >= 0.6 is 0 Å². The van der Waals surface area contributed by atoms with Crippen LogP contribution in [0, 0.1) is 5.92 Å². The van der Waals surface area contributed by atoms with E-state index in [1.165, 1.54) is 12.1 Å². The maximum atomic E-state index is 12.8. The number of rotatable bonds is 7. The van der Waals surface area contributed by atoms with E-state index in [2.05, 4.69) is 10.0 Å². The molecule has 0 saturated carbocycles. The third-order valence-corrected chi connectivity index (χ3v) is 6.61. The molecule has 34 heavy (non-hydrogen) atoms. The van der Waals surface area contributed by atoms with Gasteiger partial charge >= 0.3 is 12.1 Å². The number of sulfonamides is 1. The van der Waals surface area contributed by atoms with Crippen molar-refractivity contribution in [2.75, 3.05) is 5.32 Å². The summed E-state index contributed by atoms with van der Waals surface area (Å²) in [6.07, 6.45) is -0.657. The minimum atomic E-state index is -4.10. The second kappa shape index (κ2) is 9.16. The SMILES string of the molecule is CC(C)[C@@H](NS(=O)(=O)c1ccc2c(c1)oc1ccc(NC(=O)Oc3ccccc3)cc12)C(=O)O. The minimum Gasteiger partial charge on any atom is -0.480 e. The van der Waals surface area contributed by atoms with Crippen LogP contribution in [0.1, 0.15) is 13.8 Å². The maximum Gasteiger partial charge on any atom is 0.417 e. The van der Waals surface area contributed by atoms with Gasteiger partial charge in [-0.1, -0.05) is 32.0 Å². The van der Waals surface area contributed by atoms with Crippen LogP contribution < -0.4 is 14.8 Å². The van der Waals surface area contributed by atoms with Gasteiger partial charge in [0, 0.05) is 22.5 Å². The lowest BCUT2D eigenvalue weighted by molar-refractivity contribution is -0.140. The number of nitrogens with one attached hydrogen (secondary N) is 2. The second-order valence-electron chi connectivity index (χ2n) is 7.98. The number of hydrogen-bond donors (Lipinski definition) is 3. The van der Waals surface area contributed by atoms with Gasteiger partial charge in [-0.05, 0) is 48.4 Å². The number of furan rings is 1. The van der Waals surface area contributed by atoms with Gasteiger partial charge in [0.2, 0.25) is 10.0 Å². The molecule has 1 aromatic heterocycles. The summed E-state index contributed by atoms with van der Waals surface area (Å²) in [6, 6.07) is 16.6. The molecule has 4 aromatic rings. The molecule has 0 unspecified atom stereocenters. The Bertz CT molecular complexity index is 1480. The summed E-state index contributed by atoms with van der Waals surface area (Å²) in [5.74, 6) is -1.30. The molecule has 3 N–H and O–H groups in total. The van der Waals surface area contributed by atoms with Crippen molar-refractivity contribution < 1.29 is 32.3 Å². The fraction of sp³-hybridized carbons (Fsp3) is 0.167. The van der Waals surface area contributed by atoms with Crippen LogP contribution in [-0.2, 0) is 14.8 Å². The van der Waals surface area contributed by atoms with Crippen molar-refractivity contribution in [3.8, 4) is 5.75 Å². The molecule has 3 aromatic carbocycles. The number of anilines is 1. The van der Waals surface area contributed by atoms with Crippen LogP contribution in [0.3, 0.4) is 0 Å². The zero-order chi connectivity index (χ0) is 24.5. The van der Waals surface area contributed by atoms with Gasteiger partial charge in [0.15, 0.2) is 0 Å². The van der Waals surface area contributed by atoms with Crippen LogP contribution in [-0.4, -0.2) is 31.6 Å². The summed E-state index contributed by atoms with van der Waals surface area (Å²) >= 11 is 0. The molecular formula is C24H22N2O7S. The number of hydrogen-bond acceptors (Lipinski definition) is 6. The number of carboxylic acids is 1. The number of para-hydroxylation sites is 1. The molecule has 0 radical (unpaired) electrons. The molecule has 0 saturated heterocycles. The Morgan fingerprint density at radius 3 is 2.35 bits per heavy atom. The fourth-order valence-corrected chi connectivity index (χ4v) is 4.80. The molecule has 0 aliphatic carbocycles. The number of carboxylic acid groups (broad SMARTS) is 1. The lowest BCUT2D eigenvalue weighted by Crippen LogP contribution is -2.44. The number of benzene rings is 3. The predicted octanol–water partition coefficient (Wildman–Crippen LogP) is 4.58. The van der Waals surface area contributed by atoms with Crippen molar-refractivity contribution in [3.63, 3.8) is 0 Å². The van der Waals surface area contributed by atoms with E-state index < -0.39 is 34.0 Å². The smallest absolute Gasteiger partial charge is 0.417 e. The van der Waals surface area contributed by atoms with Gasteiger partial charge in [-0.25, -0.2) is 13.2 Å². The molecule has 0 aliphatic heterocycles. The van der Waals surface area contributed by atoms with E-state index in [1.807, 2.05) is 6.07 Å². The van der Waals surface area contributed by atoms with Crippen molar-refractivity contribution in [1.29, 1.82) is 0 Å². The first-order chi connectivity index (χ1) is 16.1. The van der Waals surface area contributed by atoms with Crippen molar-refractivity contribution >= 4 is 49.7 Å². The van der Waals surface area contributed by atoms with Crippen molar-refractivity contribution in [2.45, 2.75) is 24.8 Å². The van der Waals surface area contributed by atoms with E-state index in [9.17, 15) is 23.1 Å². The average Bonchev–Trinajstić information content (AvgIpc) is 3.15. The van der Waals surface area contributed by atoms with Gasteiger partial charge < -0.3 is 14.3 Å². The first-order valence-corrected chi connectivity index (χ1v) is 11.9. The summed E-state index contributed by atoms with van der Waals surface area (Å²) < 4.78 is 38.8. The highest BCUT2D eigenvalue weighted by Gasteiger charge is 2.28. The normalized spacial score (nSPS) is 12.7. The van der Waals surface area contributed by atoms with Crippen molar-refractivity contribution in [3.05, 3.63) is 66.7 Å². The lowest BCUT2D eigenvalue weighted by Gasteiger charge is -2.17. The number of fused-ring (bicyclic) bond motifs is 3. The summed E-state index contributed by atoms with van der Waals surface area (Å²) in [5, 5.41) is 13.3. The number of ether oxygens (including phenoxy) is 1. The van der Waals surface area contributed by atoms with Gasteiger partial charge in [-0.15, -0.1) is 0 Å². The van der Waals surface area contributed by atoms with E-state index in [4.69, 9.17) is 9.15 Å². The molecule has 1 amide bonds. The first kappa shape index (κ1) is 23.3. The van der Waals surface area contributed by atoms with Gasteiger partial charge in [0.05, 0.1) is 4.90 Å². The summed E-state index contributed by atoms with van der Waals surface area (Å²) in [4.78, 5) is 23.5. The van der Waals surface area contributed by atoms with E-state index in [0.29, 0.717) is 33.4 Å². The molecule has 0 bridgehead atoms. The molecule has 1 atom stereocenters. The van der Waals surface area contributed by atoms with Gasteiger partial charge in [-0.3, -0.25) is 10.1 Å². The Kier molecular flexibility index (Phi) is 6.27. The molecule has 0 spiro atoms. The van der Waals surface area contributed by atoms with Crippen molar-refractivity contribution in [2.24, 2.45) is 5.92 Å². The molecular weight excluding hydrogens is 460 g/mol. The lowest BCUT2D eigenvalue weighted by atomic mass is 10.1. The maximum absolute atomic E-state index is 12.8. The Hall–Kier alpha value is -3.89. The molecule has 9 nitrogen and oxygen atoms in total. The monoisotopic (exact) mass is 482 g/mol. The Balaban J connectivity index is 1.60. The highest BCUT2D eigenvalue weighted by molar-refractivity contribution is 7.89. The predicted molar refractivity (Wildman–Crippen MR) is 126 cm³/mol. The van der Waals surface area contributed by atoms with Crippen LogP contribution in [0.25, 0.3) is 21.9 Å². The van der Waals surface area contributed by atoms with Crippen LogP contribution in [0.2, 0.25) is 0 Å². The quantitative estimate of drug-likeness (QED) is 0.351. The van der Waals surface area contributed by atoms with E-state index in [1.54, 1.807) is 62.4 Å². The standard InChI is InChI=1S/C24H22N2O7S/c1-14(2)22(23(27)28)26-34(30,31)17-9-10-18-19-12-15(8-11-20(19)33-21(18)13-17)25-24(29)32-16-6-4-3-5-7-16/h3-14,22,26H,1-2H3,(H,25,29)(H,27,28)/t22-/m1/s1. The Morgan fingerprint density at radius 1 is 0.941 bits per heavy atom. The Morgan fingerprint density at radius 2 is 1.68 bits per heavy atom. The molecule has 1 heterocycles. The third-order valence-electron chi connectivity index (χ3n) is 5.17. The topological polar surface area (TPSA) is 135 Å². The number of amides is 1. The van der Waals surface area contributed by atoms with Crippen LogP contribution in [0.15, 0.2) is 76.0 Å². The van der Waals surface area contributed by atoms with Gasteiger partial charge in [-0.2, -0.15) is 4.72 Å². The molecule has 0 aliphatic rings. The van der Waals surface area contributed by atoms with Gasteiger partial charge in [0.1, 0.15) is 23.0 Å². The fourth-order valence-electron chi connectivity index (χ4n) is 3.45. The number of carbonyl (C=O) groups is 2. The molecule has 0 fully saturated rings. The summed E-state index contributed by atoms with van der Waals surface area (Å²) in [6.45, 7) is 3.23. The molecule has 176 valence electrons. The largest absolute Gasteiger partial charge is 0.480 e. The van der Waals surface area contributed by atoms with Crippen LogP contribution in [0.5, 0.6) is 5.75 Å². The third kappa shape index (κ3) is 4.87. The number of aliphatic carboxylic acids is 1. The second-order valence-corrected chi connectivity index (χ2v) is 9.69. The Labute approximate surface area is 195 Å². The summed E-state index contributed by atoms with van der Waals surface area (Å²) in [7, 11) is -4.10. The van der Waals surface area contributed by atoms with Crippen molar-refractivity contribution in [1.82, 2.24) is 4.72 Å². The number of carbonyl (C=O) groups excluding carboxylic acids is 1. The zero-order valence-electron chi connectivity index (χ0n) is 18.3. The van der Waals surface area contributed by atoms with E-state index >= 15 is 0 Å². The van der Waals surface area contributed by atoms with E-state index in [0.717, 1.165) is 0 Å². The van der Waals surface area contributed by atoms with E-state index in [-0.39, 0.29) is 4.90 Å². The molecule has 10 heteroatoms. The average molecular weight is 483 g/mol. The van der Waals surface area contributed by atoms with Gasteiger partial charge in [0.25, 0.3) is 0 Å². The summed E-state index contributed by atoms with van der Waals surface area (Å²) in [5.41, 5.74) is 1.26.